The second-order valence-electron chi connectivity index (χ2n) is 5.05. The van der Waals surface area contributed by atoms with Crippen molar-refractivity contribution in [3.63, 3.8) is 0 Å². The maximum atomic E-state index is 5.62. The Balaban J connectivity index is 2.15. The molecule has 0 saturated carbocycles. The first kappa shape index (κ1) is 15.2. The molecule has 4 heteroatoms. The summed E-state index contributed by atoms with van der Waals surface area (Å²) in [5.74, 6) is 5.62. The Labute approximate surface area is 111 Å². The van der Waals surface area contributed by atoms with Gasteiger partial charge in [0, 0.05) is 25.0 Å². The molecule has 1 aromatic rings. The molecule has 0 aliphatic carbocycles. The molecule has 0 aromatic carbocycles. The van der Waals surface area contributed by atoms with E-state index >= 15 is 0 Å². The van der Waals surface area contributed by atoms with Crippen LogP contribution in [0.15, 0.2) is 12.3 Å². The number of rotatable bonds is 10. The van der Waals surface area contributed by atoms with Crippen molar-refractivity contribution in [3.05, 3.63) is 18.0 Å². The number of hydrogen-bond acceptors (Lipinski definition) is 3. The van der Waals surface area contributed by atoms with Gasteiger partial charge in [0.2, 0.25) is 0 Å². The maximum absolute atomic E-state index is 5.62. The summed E-state index contributed by atoms with van der Waals surface area (Å²) in [6.07, 6.45) is 11.8. The number of hydrazine groups is 1. The van der Waals surface area contributed by atoms with Crippen molar-refractivity contribution in [2.24, 2.45) is 12.9 Å². The number of aromatic nitrogens is 2. The number of nitrogens with one attached hydrogen (secondary N) is 1. The molecule has 3 N–H and O–H groups in total. The summed E-state index contributed by atoms with van der Waals surface area (Å²) in [6, 6.07) is 2.51. The normalized spacial score (nSPS) is 12.8. The van der Waals surface area contributed by atoms with E-state index in [4.69, 9.17) is 5.84 Å². The lowest BCUT2D eigenvalue weighted by Crippen LogP contribution is -2.35. The number of aryl methyl sites for hydroxylation is 2. The quantitative estimate of drug-likeness (QED) is 0.382. The van der Waals surface area contributed by atoms with Crippen molar-refractivity contribution in [2.75, 3.05) is 0 Å². The zero-order valence-corrected chi connectivity index (χ0v) is 11.9. The summed E-state index contributed by atoms with van der Waals surface area (Å²) in [5.41, 5.74) is 4.22. The molecule has 0 bridgehead atoms. The molecule has 4 nitrogen and oxygen atoms in total. The predicted octanol–water partition coefficient (Wildman–Crippen LogP) is 2.55. The minimum Gasteiger partial charge on any atom is -0.273 e. The van der Waals surface area contributed by atoms with Crippen molar-refractivity contribution >= 4 is 0 Å². The van der Waals surface area contributed by atoms with Crippen molar-refractivity contribution in [2.45, 2.75) is 64.3 Å². The van der Waals surface area contributed by atoms with Crippen molar-refractivity contribution < 1.29 is 0 Å². The van der Waals surface area contributed by atoms with Crippen LogP contribution in [0.5, 0.6) is 0 Å². The van der Waals surface area contributed by atoms with Crippen LogP contribution in [0.4, 0.5) is 0 Å². The first-order valence-corrected chi connectivity index (χ1v) is 7.21. The minimum atomic E-state index is 0.432. The van der Waals surface area contributed by atoms with E-state index in [-0.39, 0.29) is 0 Å². The summed E-state index contributed by atoms with van der Waals surface area (Å²) in [5, 5.41) is 4.18. The number of unbranched alkanes of at least 4 members (excludes halogenated alkanes) is 4. The van der Waals surface area contributed by atoms with Crippen LogP contribution in [-0.4, -0.2) is 15.8 Å². The van der Waals surface area contributed by atoms with Gasteiger partial charge in [-0.15, -0.1) is 0 Å². The molecule has 1 atom stereocenters. The topological polar surface area (TPSA) is 55.9 Å². The molecule has 0 aliphatic rings. The van der Waals surface area contributed by atoms with Gasteiger partial charge in [0.1, 0.15) is 0 Å². The summed E-state index contributed by atoms with van der Waals surface area (Å²) < 4.78 is 1.94. The fourth-order valence-electron chi connectivity index (χ4n) is 2.27. The summed E-state index contributed by atoms with van der Waals surface area (Å²) in [6.45, 7) is 2.25. The lowest BCUT2D eigenvalue weighted by Gasteiger charge is -2.15. The summed E-state index contributed by atoms with van der Waals surface area (Å²) >= 11 is 0. The second kappa shape index (κ2) is 9.11. The molecule has 104 valence electrons. The van der Waals surface area contributed by atoms with Crippen molar-refractivity contribution in [1.82, 2.24) is 15.2 Å². The number of nitrogens with zero attached hydrogens (tertiary/aromatic N) is 2. The molecule has 0 amide bonds. The molecule has 1 aromatic heterocycles. The Bertz CT molecular complexity index is 308. The SMILES string of the molecule is CCCCCCCC(CCc1ccnn1C)NN. The lowest BCUT2D eigenvalue weighted by atomic mass is 10.0. The fraction of sp³-hybridized carbons (Fsp3) is 0.786. The Hall–Kier alpha value is -0.870. The Morgan fingerprint density at radius 3 is 2.67 bits per heavy atom. The van der Waals surface area contributed by atoms with Gasteiger partial charge < -0.3 is 0 Å². The van der Waals surface area contributed by atoms with Crippen LogP contribution in [-0.2, 0) is 13.5 Å². The van der Waals surface area contributed by atoms with Gasteiger partial charge in [-0.05, 0) is 25.3 Å². The molecular formula is C14H28N4. The lowest BCUT2D eigenvalue weighted by molar-refractivity contribution is 0.435. The van der Waals surface area contributed by atoms with Gasteiger partial charge in [-0.25, -0.2) is 0 Å². The zero-order valence-electron chi connectivity index (χ0n) is 11.9. The molecule has 0 fully saturated rings. The fourth-order valence-corrected chi connectivity index (χ4v) is 2.27. The van der Waals surface area contributed by atoms with Gasteiger partial charge in [0.15, 0.2) is 0 Å². The summed E-state index contributed by atoms with van der Waals surface area (Å²) in [4.78, 5) is 0. The molecule has 0 radical (unpaired) electrons. The van der Waals surface area contributed by atoms with E-state index in [9.17, 15) is 0 Å². The van der Waals surface area contributed by atoms with Gasteiger partial charge in [-0.1, -0.05) is 39.0 Å². The third-order valence-corrected chi connectivity index (χ3v) is 3.56. The van der Waals surface area contributed by atoms with Gasteiger partial charge in [0.25, 0.3) is 0 Å². The molecule has 18 heavy (non-hydrogen) atoms. The standard InChI is InChI=1S/C14H28N4/c1-3-4-5-6-7-8-13(17-15)9-10-14-11-12-16-18(14)2/h11-13,17H,3-10,15H2,1-2H3. The van der Waals surface area contributed by atoms with Crippen molar-refractivity contribution in [3.8, 4) is 0 Å². The molecular weight excluding hydrogens is 224 g/mol. The number of hydrogen-bond donors (Lipinski definition) is 2. The maximum Gasteiger partial charge on any atom is 0.0492 e. The first-order valence-electron chi connectivity index (χ1n) is 7.21. The van der Waals surface area contributed by atoms with Crippen LogP contribution in [0.1, 0.15) is 57.6 Å². The highest BCUT2D eigenvalue weighted by Crippen LogP contribution is 2.11. The molecule has 0 saturated heterocycles. The predicted molar refractivity (Wildman–Crippen MR) is 76.0 cm³/mol. The Kier molecular flexibility index (Phi) is 7.69. The zero-order chi connectivity index (χ0) is 13.2. The molecule has 0 aliphatic heterocycles. The van der Waals surface area contributed by atoms with Crippen LogP contribution in [0, 0.1) is 0 Å². The highest BCUT2D eigenvalue weighted by molar-refractivity contribution is 5.00. The van der Waals surface area contributed by atoms with Gasteiger partial charge in [0.05, 0.1) is 0 Å². The van der Waals surface area contributed by atoms with E-state index in [2.05, 4.69) is 23.5 Å². The van der Waals surface area contributed by atoms with Gasteiger partial charge in [-0.2, -0.15) is 5.10 Å². The van der Waals surface area contributed by atoms with E-state index in [1.165, 1.54) is 44.2 Å². The molecule has 1 unspecified atom stereocenters. The van der Waals surface area contributed by atoms with E-state index in [0.717, 1.165) is 12.8 Å². The van der Waals surface area contributed by atoms with E-state index in [1.54, 1.807) is 0 Å². The highest BCUT2D eigenvalue weighted by atomic mass is 15.3. The van der Waals surface area contributed by atoms with E-state index in [0.29, 0.717) is 6.04 Å². The van der Waals surface area contributed by atoms with Gasteiger partial charge >= 0.3 is 0 Å². The minimum absolute atomic E-state index is 0.432. The van der Waals surface area contributed by atoms with Crippen LogP contribution in [0.2, 0.25) is 0 Å². The molecule has 1 heterocycles. The average Bonchev–Trinajstić information content (AvgIpc) is 2.78. The van der Waals surface area contributed by atoms with Crippen LogP contribution < -0.4 is 11.3 Å². The van der Waals surface area contributed by atoms with Crippen molar-refractivity contribution in [1.29, 1.82) is 0 Å². The molecule has 0 spiro atoms. The van der Waals surface area contributed by atoms with Gasteiger partial charge in [-0.3, -0.25) is 16.0 Å². The second-order valence-corrected chi connectivity index (χ2v) is 5.05. The highest BCUT2D eigenvalue weighted by Gasteiger charge is 2.08. The largest absolute Gasteiger partial charge is 0.273 e. The van der Waals surface area contributed by atoms with Crippen LogP contribution >= 0.6 is 0 Å². The monoisotopic (exact) mass is 252 g/mol. The van der Waals surface area contributed by atoms with Crippen LogP contribution in [0.3, 0.4) is 0 Å². The third kappa shape index (κ3) is 5.65. The summed E-state index contributed by atoms with van der Waals surface area (Å²) in [7, 11) is 1.99. The Morgan fingerprint density at radius 2 is 2.06 bits per heavy atom. The van der Waals surface area contributed by atoms with Crippen LogP contribution in [0.25, 0.3) is 0 Å². The van der Waals surface area contributed by atoms with E-state index < -0.39 is 0 Å². The first-order chi connectivity index (χ1) is 8.77. The van der Waals surface area contributed by atoms with E-state index in [1.807, 2.05) is 17.9 Å². The molecule has 1 rings (SSSR count). The third-order valence-electron chi connectivity index (χ3n) is 3.56. The Morgan fingerprint density at radius 1 is 1.28 bits per heavy atom. The smallest absolute Gasteiger partial charge is 0.0492 e. The number of nitrogens with two attached hydrogens (primary N) is 1. The average molecular weight is 252 g/mol.